The van der Waals surface area contributed by atoms with E-state index < -0.39 is 5.60 Å². The van der Waals surface area contributed by atoms with Gasteiger partial charge in [-0.05, 0) is 39.5 Å². The average Bonchev–Trinajstić information content (AvgIpc) is 2.72. The third-order valence-electron chi connectivity index (χ3n) is 3.40. The van der Waals surface area contributed by atoms with Crippen molar-refractivity contribution >= 4 is 12.1 Å². The van der Waals surface area contributed by atoms with Gasteiger partial charge in [-0.2, -0.15) is 0 Å². The number of fused-ring (bicyclic) bond motifs is 1. The zero-order valence-electron chi connectivity index (χ0n) is 11.4. The van der Waals surface area contributed by atoms with Gasteiger partial charge in [0.25, 0.3) is 0 Å². The van der Waals surface area contributed by atoms with Crippen molar-refractivity contribution in [3.8, 4) is 0 Å². The van der Waals surface area contributed by atoms with Gasteiger partial charge in [0.1, 0.15) is 5.60 Å². The molecule has 0 N–H and O–H groups in total. The highest BCUT2D eigenvalue weighted by Gasteiger charge is 2.61. The Labute approximate surface area is 107 Å². The van der Waals surface area contributed by atoms with E-state index in [-0.39, 0.29) is 29.8 Å². The molecule has 0 radical (unpaired) electrons. The lowest BCUT2D eigenvalue weighted by atomic mass is 10.2. The fourth-order valence-corrected chi connectivity index (χ4v) is 2.59. The summed E-state index contributed by atoms with van der Waals surface area (Å²) >= 11 is 0. The minimum Gasteiger partial charge on any atom is -0.466 e. The Morgan fingerprint density at radius 1 is 1.22 bits per heavy atom. The minimum absolute atomic E-state index is 0.00337. The first kappa shape index (κ1) is 13.2. The van der Waals surface area contributed by atoms with Crippen LogP contribution >= 0.6 is 0 Å². The molecule has 0 aromatic carbocycles. The lowest BCUT2D eigenvalue weighted by Crippen LogP contribution is -2.37. The number of rotatable bonds is 2. The van der Waals surface area contributed by atoms with E-state index in [1.165, 1.54) is 0 Å². The number of esters is 1. The maximum Gasteiger partial charge on any atom is 0.410 e. The maximum atomic E-state index is 11.8. The molecule has 0 spiro atoms. The molecule has 1 saturated heterocycles. The molecule has 5 heteroatoms. The van der Waals surface area contributed by atoms with Crippen LogP contribution in [-0.2, 0) is 14.3 Å². The molecule has 2 rings (SSSR count). The standard InChI is InChI=1S/C13H21NO4/c1-5-17-11(15)10-8-6-14(7-9(8)10)12(16)18-13(2,3)4/h8-10H,5-7H2,1-4H3/t8-,9?,10?/m0/s1. The Balaban J connectivity index is 1.81. The van der Waals surface area contributed by atoms with E-state index in [1.807, 2.05) is 27.7 Å². The Morgan fingerprint density at radius 3 is 2.22 bits per heavy atom. The molecule has 0 aromatic rings. The highest BCUT2D eigenvalue weighted by atomic mass is 16.6. The van der Waals surface area contributed by atoms with Crippen molar-refractivity contribution in [2.75, 3.05) is 19.7 Å². The predicted molar refractivity (Wildman–Crippen MR) is 64.9 cm³/mol. The molecule has 0 aromatic heterocycles. The number of amides is 1. The molecule has 2 unspecified atom stereocenters. The highest BCUT2D eigenvalue weighted by Crippen LogP contribution is 2.52. The molecule has 3 atom stereocenters. The van der Waals surface area contributed by atoms with Crippen molar-refractivity contribution in [1.29, 1.82) is 0 Å². The zero-order valence-corrected chi connectivity index (χ0v) is 11.4. The fraction of sp³-hybridized carbons (Fsp3) is 0.846. The van der Waals surface area contributed by atoms with Gasteiger partial charge in [0.2, 0.25) is 0 Å². The maximum absolute atomic E-state index is 11.8. The summed E-state index contributed by atoms with van der Waals surface area (Å²) in [4.78, 5) is 25.1. The number of hydrogen-bond donors (Lipinski definition) is 0. The van der Waals surface area contributed by atoms with E-state index in [9.17, 15) is 9.59 Å². The van der Waals surface area contributed by atoms with Crippen molar-refractivity contribution in [3.63, 3.8) is 0 Å². The molecular formula is C13H21NO4. The Hall–Kier alpha value is -1.26. The van der Waals surface area contributed by atoms with Crippen LogP contribution in [0.15, 0.2) is 0 Å². The highest BCUT2D eigenvalue weighted by molar-refractivity contribution is 5.78. The van der Waals surface area contributed by atoms with Crippen molar-refractivity contribution in [2.24, 2.45) is 17.8 Å². The number of carbonyl (C=O) groups excluding carboxylic acids is 2. The van der Waals surface area contributed by atoms with Crippen molar-refractivity contribution in [3.05, 3.63) is 0 Å². The molecular weight excluding hydrogens is 234 g/mol. The topological polar surface area (TPSA) is 55.8 Å². The number of piperidine rings is 1. The predicted octanol–water partition coefficient (Wildman–Crippen LogP) is 1.66. The summed E-state index contributed by atoms with van der Waals surface area (Å²) < 4.78 is 10.3. The summed E-state index contributed by atoms with van der Waals surface area (Å²) in [5.74, 6) is 0.438. The molecule has 1 aliphatic carbocycles. The summed E-state index contributed by atoms with van der Waals surface area (Å²) in [5.41, 5.74) is -0.468. The molecule has 2 aliphatic rings. The number of likely N-dealkylation sites (tertiary alicyclic amines) is 1. The van der Waals surface area contributed by atoms with E-state index in [2.05, 4.69) is 0 Å². The van der Waals surface area contributed by atoms with Crippen LogP contribution in [-0.4, -0.2) is 42.3 Å². The van der Waals surface area contributed by atoms with E-state index in [0.717, 1.165) is 0 Å². The van der Waals surface area contributed by atoms with Crippen LogP contribution in [0.5, 0.6) is 0 Å². The van der Waals surface area contributed by atoms with Crippen molar-refractivity contribution < 1.29 is 19.1 Å². The molecule has 1 saturated carbocycles. The fourth-order valence-electron chi connectivity index (χ4n) is 2.59. The zero-order chi connectivity index (χ0) is 13.5. The van der Waals surface area contributed by atoms with Gasteiger partial charge in [-0.3, -0.25) is 4.79 Å². The summed E-state index contributed by atoms with van der Waals surface area (Å²) in [6.07, 6.45) is -0.280. The second-order valence-corrected chi connectivity index (χ2v) is 5.99. The van der Waals surface area contributed by atoms with Gasteiger partial charge in [-0.1, -0.05) is 0 Å². The second-order valence-electron chi connectivity index (χ2n) is 5.99. The van der Waals surface area contributed by atoms with Gasteiger partial charge in [0, 0.05) is 13.1 Å². The van der Waals surface area contributed by atoms with Crippen LogP contribution in [0.2, 0.25) is 0 Å². The summed E-state index contributed by atoms with van der Waals surface area (Å²) in [6, 6.07) is 0. The lowest BCUT2D eigenvalue weighted by Gasteiger charge is -2.25. The van der Waals surface area contributed by atoms with E-state index in [4.69, 9.17) is 9.47 Å². The summed E-state index contributed by atoms with van der Waals surface area (Å²) in [7, 11) is 0. The van der Waals surface area contributed by atoms with Gasteiger partial charge in [0.05, 0.1) is 12.5 Å². The average molecular weight is 255 g/mol. The van der Waals surface area contributed by atoms with Gasteiger partial charge in [0.15, 0.2) is 0 Å². The first-order chi connectivity index (χ1) is 8.33. The SMILES string of the molecule is CCOC(=O)C1C2CN(C(=O)OC(C)(C)C)C[C@@H]21. The van der Waals surface area contributed by atoms with Crippen LogP contribution in [0.4, 0.5) is 4.79 Å². The Bertz CT molecular complexity index is 348. The number of hydrogen-bond acceptors (Lipinski definition) is 4. The molecule has 5 nitrogen and oxygen atoms in total. The number of nitrogens with zero attached hydrogens (tertiary/aromatic N) is 1. The van der Waals surface area contributed by atoms with E-state index in [0.29, 0.717) is 19.7 Å². The molecule has 102 valence electrons. The third kappa shape index (κ3) is 2.60. The smallest absolute Gasteiger partial charge is 0.410 e. The first-order valence-electron chi connectivity index (χ1n) is 6.48. The number of ether oxygens (including phenoxy) is 2. The second kappa shape index (κ2) is 4.44. The van der Waals surface area contributed by atoms with Gasteiger partial charge in [-0.25, -0.2) is 4.79 Å². The molecule has 18 heavy (non-hydrogen) atoms. The van der Waals surface area contributed by atoms with Gasteiger partial charge < -0.3 is 14.4 Å². The quantitative estimate of drug-likeness (QED) is 0.704. The Morgan fingerprint density at radius 2 is 1.78 bits per heavy atom. The first-order valence-corrected chi connectivity index (χ1v) is 6.48. The van der Waals surface area contributed by atoms with E-state index in [1.54, 1.807) is 4.90 Å². The van der Waals surface area contributed by atoms with Crippen LogP contribution in [0.1, 0.15) is 27.7 Å². The van der Waals surface area contributed by atoms with Gasteiger partial charge >= 0.3 is 12.1 Å². The normalized spacial score (nSPS) is 29.8. The molecule has 0 bridgehead atoms. The Kier molecular flexibility index (Phi) is 3.25. The van der Waals surface area contributed by atoms with Crippen LogP contribution in [0, 0.1) is 17.8 Å². The largest absolute Gasteiger partial charge is 0.466 e. The molecule has 1 aliphatic heterocycles. The van der Waals surface area contributed by atoms with Crippen LogP contribution < -0.4 is 0 Å². The van der Waals surface area contributed by atoms with Crippen molar-refractivity contribution in [1.82, 2.24) is 4.90 Å². The minimum atomic E-state index is -0.468. The van der Waals surface area contributed by atoms with Crippen LogP contribution in [0.3, 0.4) is 0 Å². The summed E-state index contributed by atoms with van der Waals surface area (Å²) in [6.45, 7) is 9.01. The molecule has 1 amide bonds. The molecule has 1 heterocycles. The molecule has 2 fully saturated rings. The third-order valence-corrected chi connectivity index (χ3v) is 3.40. The monoisotopic (exact) mass is 255 g/mol. The van der Waals surface area contributed by atoms with E-state index >= 15 is 0 Å². The number of carbonyl (C=O) groups is 2. The summed E-state index contributed by atoms with van der Waals surface area (Å²) in [5, 5.41) is 0. The van der Waals surface area contributed by atoms with Crippen molar-refractivity contribution in [2.45, 2.75) is 33.3 Å². The lowest BCUT2D eigenvalue weighted by molar-refractivity contribution is -0.145. The van der Waals surface area contributed by atoms with Gasteiger partial charge in [-0.15, -0.1) is 0 Å². The van der Waals surface area contributed by atoms with Crippen LogP contribution in [0.25, 0.3) is 0 Å².